The molecule has 5 nitrogen and oxygen atoms in total. The van der Waals surface area contributed by atoms with Gasteiger partial charge in [0.1, 0.15) is 6.54 Å². The maximum atomic E-state index is 12.4. The maximum Gasteiger partial charge on any atom is 0.294 e. The molecule has 0 atom stereocenters. The highest BCUT2D eigenvalue weighted by molar-refractivity contribution is 8.18. The van der Waals surface area contributed by atoms with Gasteiger partial charge in [0.05, 0.1) is 4.91 Å². The molecule has 7 heteroatoms. The summed E-state index contributed by atoms with van der Waals surface area (Å²) >= 11 is 2.40. The molecule has 24 heavy (non-hydrogen) atoms. The SMILES string of the molecule is Cc1ccc(C=C2SC(=O)N(CC(=O)Nc3ccccc3)C2=O)s1. The van der Waals surface area contributed by atoms with Crippen LogP contribution in [0, 0.1) is 6.92 Å². The molecular weight excluding hydrogens is 344 g/mol. The van der Waals surface area contributed by atoms with Crippen molar-refractivity contribution >= 4 is 51.9 Å². The van der Waals surface area contributed by atoms with E-state index < -0.39 is 17.1 Å². The molecule has 0 unspecified atom stereocenters. The number of nitrogens with one attached hydrogen (secondary N) is 1. The first-order chi connectivity index (χ1) is 11.5. The summed E-state index contributed by atoms with van der Waals surface area (Å²) in [5, 5.41) is 2.24. The number of benzene rings is 1. The molecule has 2 heterocycles. The van der Waals surface area contributed by atoms with E-state index in [1.807, 2.05) is 25.1 Å². The van der Waals surface area contributed by atoms with E-state index in [0.29, 0.717) is 10.6 Å². The van der Waals surface area contributed by atoms with Crippen LogP contribution in [0.2, 0.25) is 0 Å². The monoisotopic (exact) mass is 358 g/mol. The Bertz CT molecular complexity index is 827. The summed E-state index contributed by atoms with van der Waals surface area (Å²) < 4.78 is 0. The minimum Gasteiger partial charge on any atom is -0.325 e. The van der Waals surface area contributed by atoms with E-state index in [-0.39, 0.29) is 6.54 Å². The topological polar surface area (TPSA) is 66.5 Å². The Kier molecular flexibility index (Phi) is 4.82. The van der Waals surface area contributed by atoms with Gasteiger partial charge < -0.3 is 5.32 Å². The van der Waals surface area contributed by atoms with Crippen molar-refractivity contribution in [3.05, 3.63) is 57.1 Å². The van der Waals surface area contributed by atoms with Crippen LogP contribution in [0.25, 0.3) is 6.08 Å². The summed E-state index contributed by atoms with van der Waals surface area (Å²) in [6.07, 6.45) is 1.69. The molecule has 1 saturated heterocycles. The van der Waals surface area contributed by atoms with Crippen LogP contribution in [-0.2, 0) is 9.59 Å². The van der Waals surface area contributed by atoms with E-state index in [1.165, 1.54) is 0 Å². The highest BCUT2D eigenvalue weighted by Gasteiger charge is 2.36. The van der Waals surface area contributed by atoms with Crippen LogP contribution in [-0.4, -0.2) is 28.5 Å². The van der Waals surface area contributed by atoms with Crippen LogP contribution in [0.5, 0.6) is 0 Å². The zero-order valence-electron chi connectivity index (χ0n) is 12.8. The number of aryl methyl sites for hydroxylation is 1. The van der Waals surface area contributed by atoms with Crippen LogP contribution in [0.3, 0.4) is 0 Å². The van der Waals surface area contributed by atoms with Crippen LogP contribution in [0.15, 0.2) is 47.4 Å². The number of nitrogens with zero attached hydrogens (tertiary/aromatic N) is 1. The molecule has 0 bridgehead atoms. The van der Waals surface area contributed by atoms with Crippen molar-refractivity contribution in [3.8, 4) is 0 Å². The molecule has 0 aliphatic carbocycles. The van der Waals surface area contributed by atoms with Crippen molar-refractivity contribution < 1.29 is 14.4 Å². The van der Waals surface area contributed by atoms with Crippen molar-refractivity contribution in [1.29, 1.82) is 0 Å². The second-order valence-corrected chi connectivity index (χ2v) is 7.44. The van der Waals surface area contributed by atoms with Gasteiger partial charge in [-0.2, -0.15) is 0 Å². The van der Waals surface area contributed by atoms with Crippen molar-refractivity contribution in [3.63, 3.8) is 0 Å². The Morgan fingerprint density at radius 2 is 1.92 bits per heavy atom. The molecule has 3 amide bonds. The number of thioether (sulfide) groups is 1. The minimum atomic E-state index is -0.431. The Labute approximate surface area is 147 Å². The summed E-state index contributed by atoms with van der Waals surface area (Å²) in [6, 6.07) is 12.8. The Morgan fingerprint density at radius 3 is 2.58 bits per heavy atom. The summed E-state index contributed by atoms with van der Waals surface area (Å²) in [4.78, 5) is 39.8. The average molecular weight is 358 g/mol. The smallest absolute Gasteiger partial charge is 0.294 e. The number of carbonyl (C=O) groups is 3. The predicted octanol–water partition coefficient (Wildman–Crippen LogP) is 3.73. The fourth-order valence-electron chi connectivity index (χ4n) is 2.16. The van der Waals surface area contributed by atoms with Crippen LogP contribution < -0.4 is 5.32 Å². The van der Waals surface area contributed by atoms with Gasteiger partial charge in [-0.05, 0) is 49.0 Å². The number of thiophene rings is 1. The highest BCUT2D eigenvalue weighted by Crippen LogP contribution is 2.33. The van der Waals surface area contributed by atoms with Gasteiger partial charge in [0.2, 0.25) is 5.91 Å². The summed E-state index contributed by atoms with van der Waals surface area (Å²) in [7, 11) is 0. The minimum absolute atomic E-state index is 0.291. The van der Waals surface area contributed by atoms with Gasteiger partial charge in [-0.25, -0.2) is 0 Å². The second-order valence-electron chi connectivity index (χ2n) is 5.13. The molecule has 122 valence electrons. The molecule has 1 aromatic carbocycles. The third-order valence-corrected chi connectivity index (χ3v) is 5.12. The van der Waals surface area contributed by atoms with Crippen LogP contribution >= 0.6 is 23.1 Å². The third kappa shape index (κ3) is 3.74. The first-order valence-corrected chi connectivity index (χ1v) is 8.83. The molecule has 0 spiro atoms. The number of anilines is 1. The van der Waals surface area contributed by atoms with Crippen LogP contribution in [0.1, 0.15) is 9.75 Å². The number of rotatable bonds is 4. The normalized spacial score (nSPS) is 16.0. The van der Waals surface area contributed by atoms with Crippen molar-refractivity contribution in [2.45, 2.75) is 6.92 Å². The number of amides is 3. The predicted molar refractivity (Wildman–Crippen MR) is 96.8 cm³/mol. The second kappa shape index (κ2) is 7.02. The van der Waals surface area contributed by atoms with Gasteiger partial charge in [-0.1, -0.05) is 18.2 Å². The first kappa shape index (κ1) is 16.5. The van der Waals surface area contributed by atoms with Crippen LogP contribution in [0.4, 0.5) is 10.5 Å². The van der Waals surface area contributed by atoms with Crippen molar-refractivity contribution in [2.24, 2.45) is 0 Å². The quantitative estimate of drug-likeness (QED) is 0.846. The molecule has 1 N–H and O–H groups in total. The van der Waals surface area contributed by atoms with E-state index in [1.54, 1.807) is 41.7 Å². The fraction of sp³-hybridized carbons (Fsp3) is 0.118. The molecule has 1 aliphatic rings. The standard InChI is InChI=1S/C17H14N2O3S2/c1-11-7-8-13(23-11)9-14-16(21)19(17(22)24-14)10-15(20)18-12-5-3-2-4-6-12/h2-9H,10H2,1H3,(H,18,20). The zero-order valence-corrected chi connectivity index (χ0v) is 14.4. The van der Waals surface area contributed by atoms with Gasteiger partial charge in [-0.15, -0.1) is 11.3 Å². The van der Waals surface area contributed by atoms with Gasteiger partial charge in [0.15, 0.2) is 0 Å². The molecule has 0 radical (unpaired) electrons. The number of hydrogen-bond donors (Lipinski definition) is 1. The molecule has 0 saturated carbocycles. The lowest BCUT2D eigenvalue weighted by atomic mass is 10.3. The molecule has 2 aromatic rings. The van der Waals surface area contributed by atoms with E-state index in [2.05, 4.69) is 5.32 Å². The number of carbonyl (C=O) groups excluding carboxylic acids is 3. The van der Waals surface area contributed by atoms with Gasteiger partial charge >= 0.3 is 0 Å². The van der Waals surface area contributed by atoms with E-state index in [9.17, 15) is 14.4 Å². The number of hydrogen-bond acceptors (Lipinski definition) is 5. The van der Waals surface area contributed by atoms with Gasteiger partial charge in [0.25, 0.3) is 11.1 Å². The largest absolute Gasteiger partial charge is 0.325 e. The Hall–Kier alpha value is -2.38. The van der Waals surface area contributed by atoms with E-state index >= 15 is 0 Å². The van der Waals surface area contributed by atoms with E-state index in [0.717, 1.165) is 26.4 Å². The van der Waals surface area contributed by atoms with Gasteiger partial charge in [-0.3, -0.25) is 19.3 Å². The Balaban J connectivity index is 1.68. The van der Waals surface area contributed by atoms with Crippen molar-refractivity contribution in [2.75, 3.05) is 11.9 Å². The molecular formula is C17H14N2O3S2. The third-order valence-electron chi connectivity index (χ3n) is 3.27. The first-order valence-electron chi connectivity index (χ1n) is 7.19. The van der Waals surface area contributed by atoms with E-state index in [4.69, 9.17) is 0 Å². The lowest BCUT2D eigenvalue weighted by molar-refractivity contribution is -0.127. The van der Waals surface area contributed by atoms with Gasteiger partial charge in [0, 0.05) is 15.4 Å². The lowest BCUT2D eigenvalue weighted by Crippen LogP contribution is -2.36. The average Bonchev–Trinajstić information content (AvgIpc) is 3.07. The fourth-order valence-corrected chi connectivity index (χ4v) is 3.89. The molecule has 1 fully saturated rings. The number of imide groups is 1. The summed E-state index contributed by atoms with van der Waals surface area (Å²) in [5.41, 5.74) is 0.624. The Morgan fingerprint density at radius 1 is 1.17 bits per heavy atom. The van der Waals surface area contributed by atoms with Crippen molar-refractivity contribution in [1.82, 2.24) is 4.90 Å². The summed E-state index contributed by atoms with van der Waals surface area (Å²) in [6.45, 7) is 1.68. The molecule has 3 rings (SSSR count). The number of para-hydroxylation sites is 1. The zero-order chi connectivity index (χ0) is 17.1. The highest BCUT2D eigenvalue weighted by atomic mass is 32.2. The molecule has 1 aromatic heterocycles. The molecule has 1 aliphatic heterocycles. The maximum absolute atomic E-state index is 12.4. The lowest BCUT2D eigenvalue weighted by Gasteiger charge is -2.12. The summed E-state index contributed by atoms with van der Waals surface area (Å²) in [5.74, 6) is -0.837.